The summed E-state index contributed by atoms with van der Waals surface area (Å²) in [4.78, 5) is 37.2. The summed E-state index contributed by atoms with van der Waals surface area (Å²) in [7, 11) is -3.63. The molecule has 13 nitrogen and oxygen atoms in total. The fourth-order valence-corrected chi connectivity index (χ4v) is 5.33. The Kier molecular flexibility index (Phi) is 11.4. The van der Waals surface area contributed by atoms with Gasteiger partial charge in [-0.2, -0.15) is 0 Å². The normalized spacial score (nSPS) is 15.9. The van der Waals surface area contributed by atoms with Crippen molar-refractivity contribution in [1.82, 2.24) is 29.7 Å². The lowest BCUT2D eigenvalue weighted by Gasteiger charge is -2.27. The number of ether oxygens (including phenoxy) is 3. The van der Waals surface area contributed by atoms with Gasteiger partial charge in [0.2, 0.25) is 7.44 Å². The monoisotopic (exact) mass is 541 g/mol. The van der Waals surface area contributed by atoms with E-state index in [1.165, 1.54) is 6.33 Å². The molecule has 0 fully saturated rings. The van der Waals surface area contributed by atoms with Crippen LogP contribution in [0, 0.1) is 11.8 Å². The minimum atomic E-state index is -3.63. The SMILES string of the molecule is CC(C)COC(=O)[C@H](C)NP(=O)(COC(C)Cn1cnc2c(N)ncnc21)N[C@H](C)C(=O)OCC(C)C. The van der Waals surface area contributed by atoms with Crippen LogP contribution in [0.15, 0.2) is 12.7 Å². The second-order valence-corrected chi connectivity index (χ2v) is 12.2. The topological polar surface area (TPSA) is 173 Å². The molecule has 208 valence electrons. The van der Waals surface area contributed by atoms with E-state index in [9.17, 15) is 14.2 Å². The van der Waals surface area contributed by atoms with Crippen molar-refractivity contribution in [2.24, 2.45) is 11.8 Å². The van der Waals surface area contributed by atoms with Gasteiger partial charge in [0.05, 0.1) is 32.2 Å². The number of carbonyl (C=O) groups is 2. The molecule has 0 aromatic carbocycles. The van der Waals surface area contributed by atoms with Crippen molar-refractivity contribution in [1.29, 1.82) is 0 Å². The van der Waals surface area contributed by atoms with Gasteiger partial charge in [0.1, 0.15) is 30.3 Å². The van der Waals surface area contributed by atoms with Crippen molar-refractivity contribution in [3.8, 4) is 0 Å². The summed E-state index contributed by atoms with van der Waals surface area (Å²) in [6, 6.07) is -1.82. The molecule has 0 radical (unpaired) electrons. The molecule has 0 bridgehead atoms. The van der Waals surface area contributed by atoms with E-state index in [4.69, 9.17) is 19.9 Å². The third-order valence-corrected chi connectivity index (χ3v) is 7.17. The zero-order valence-electron chi connectivity index (χ0n) is 22.6. The number of hydrogen-bond acceptors (Lipinski definition) is 10. The molecule has 37 heavy (non-hydrogen) atoms. The first-order valence-electron chi connectivity index (χ1n) is 12.3. The van der Waals surface area contributed by atoms with Crippen molar-refractivity contribution in [3.63, 3.8) is 0 Å². The molecule has 2 rings (SSSR count). The quantitative estimate of drug-likeness (QED) is 0.222. The number of esters is 2. The second-order valence-electron chi connectivity index (χ2n) is 9.92. The first kappa shape index (κ1) is 30.6. The largest absolute Gasteiger partial charge is 0.464 e. The van der Waals surface area contributed by atoms with Crippen molar-refractivity contribution >= 4 is 36.4 Å². The van der Waals surface area contributed by atoms with Gasteiger partial charge in [-0.25, -0.2) is 25.1 Å². The van der Waals surface area contributed by atoms with Crippen LogP contribution in [0.4, 0.5) is 5.82 Å². The highest BCUT2D eigenvalue weighted by molar-refractivity contribution is 7.59. The number of fused-ring (bicyclic) bond motifs is 1. The van der Waals surface area contributed by atoms with Crippen molar-refractivity contribution in [3.05, 3.63) is 12.7 Å². The average Bonchev–Trinajstić information content (AvgIpc) is 3.23. The van der Waals surface area contributed by atoms with Gasteiger partial charge in [-0.3, -0.25) is 14.2 Å². The number of aromatic nitrogens is 4. The van der Waals surface area contributed by atoms with Crippen molar-refractivity contribution in [2.45, 2.75) is 73.2 Å². The summed E-state index contributed by atoms with van der Waals surface area (Å²) in [6.45, 7) is 13.4. The number of rotatable bonds is 15. The van der Waals surface area contributed by atoms with Gasteiger partial charge in [0, 0.05) is 0 Å². The van der Waals surface area contributed by atoms with Crippen LogP contribution in [-0.2, 0) is 34.9 Å². The van der Waals surface area contributed by atoms with Crippen LogP contribution in [-0.4, -0.2) is 69.2 Å². The molecule has 0 spiro atoms. The molecule has 0 aliphatic rings. The summed E-state index contributed by atoms with van der Waals surface area (Å²) < 4.78 is 32.0. The highest BCUT2D eigenvalue weighted by Gasteiger charge is 2.33. The van der Waals surface area contributed by atoms with Crippen LogP contribution in [0.1, 0.15) is 48.5 Å². The van der Waals surface area contributed by atoms with Gasteiger partial charge in [0.25, 0.3) is 0 Å². The standard InChI is InChI=1S/C23H40N7O6P/c1-14(2)9-34-22(31)17(6)28-37(33,29-18(7)23(32)35-10-15(3)4)13-36-16(5)8-30-12-27-19-20(24)25-11-26-21(19)30/h11-12,14-18H,8-10,13H2,1-7H3,(H2,24,25,26)(H2,28,29,33)/t16?,17-,18+,37?. The molecular weight excluding hydrogens is 501 g/mol. The molecule has 2 aromatic heterocycles. The van der Waals surface area contributed by atoms with E-state index < -0.39 is 37.6 Å². The maximum Gasteiger partial charge on any atom is 0.323 e. The number of imidazole rings is 1. The summed E-state index contributed by atoms with van der Waals surface area (Å²) in [5.74, 6) is -0.532. The molecule has 4 N–H and O–H groups in total. The summed E-state index contributed by atoms with van der Waals surface area (Å²) in [5, 5.41) is 5.60. The van der Waals surface area contributed by atoms with E-state index >= 15 is 0 Å². The second kappa shape index (κ2) is 13.8. The Morgan fingerprint density at radius 3 is 2.00 bits per heavy atom. The van der Waals surface area contributed by atoms with E-state index in [2.05, 4.69) is 25.1 Å². The van der Waals surface area contributed by atoms with Gasteiger partial charge in [-0.1, -0.05) is 27.7 Å². The molecular formula is C23H40N7O6P. The average molecular weight is 542 g/mol. The van der Waals surface area contributed by atoms with E-state index in [0.29, 0.717) is 17.7 Å². The Morgan fingerprint density at radius 2 is 1.49 bits per heavy atom. The Hall–Kier alpha value is -2.60. The zero-order chi connectivity index (χ0) is 27.8. The molecule has 14 heteroatoms. The predicted octanol–water partition coefficient (Wildman–Crippen LogP) is 2.32. The smallest absolute Gasteiger partial charge is 0.323 e. The van der Waals surface area contributed by atoms with Crippen LogP contribution in [0.3, 0.4) is 0 Å². The highest BCUT2D eigenvalue weighted by atomic mass is 31.2. The van der Waals surface area contributed by atoms with Gasteiger partial charge >= 0.3 is 11.9 Å². The van der Waals surface area contributed by atoms with Gasteiger partial charge in [0.15, 0.2) is 11.5 Å². The number of nitrogen functional groups attached to an aromatic ring is 1. The van der Waals surface area contributed by atoms with E-state index in [0.717, 1.165) is 0 Å². The Morgan fingerprint density at radius 1 is 0.946 bits per heavy atom. The molecule has 0 aliphatic carbocycles. The molecule has 4 atom stereocenters. The maximum absolute atomic E-state index is 13.9. The number of nitrogens with two attached hydrogens (primary N) is 1. The van der Waals surface area contributed by atoms with Crippen LogP contribution >= 0.6 is 7.44 Å². The van der Waals surface area contributed by atoms with Crippen LogP contribution in [0.5, 0.6) is 0 Å². The fourth-order valence-electron chi connectivity index (χ4n) is 3.18. The molecule has 0 aliphatic heterocycles. The molecule has 0 saturated heterocycles. The number of anilines is 1. The minimum Gasteiger partial charge on any atom is -0.464 e. The van der Waals surface area contributed by atoms with Gasteiger partial charge < -0.3 is 24.5 Å². The van der Waals surface area contributed by atoms with Crippen LogP contribution in [0.25, 0.3) is 11.2 Å². The van der Waals surface area contributed by atoms with E-state index in [1.54, 1.807) is 31.7 Å². The molecule has 0 saturated carbocycles. The number of nitrogens with one attached hydrogen (secondary N) is 2. The fraction of sp³-hybridized carbons (Fsp3) is 0.696. The van der Waals surface area contributed by atoms with Crippen LogP contribution < -0.4 is 15.9 Å². The molecule has 2 aromatic rings. The Labute approximate surface area is 217 Å². The molecule has 2 unspecified atom stereocenters. The van der Waals surface area contributed by atoms with Crippen molar-refractivity contribution in [2.75, 3.05) is 25.3 Å². The highest BCUT2D eigenvalue weighted by Crippen LogP contribution is 2.38. The lowest BCUT2D eigenvalue weighted by atomic mass is 10.2. The van der Waals surface area contributed by atoms with Crippen molar-refractivity contribution < 1.29 is 28.4 Å². The lowest BCUT2D eigenvalue weighted by Crippen LogP contribution is -2.43. The number of carbonyl (C=O) groups excluding carboxylic acids is 2. The first-order valence-corrected chi connectivity index (χ1v) is 14.2. The number of nitrogens with zero attached hydrogens (tertiary/aromatic N) is 4. The van der Waals surface area contributed by atoms with Gasteiger partial charge in [-0.05, 0) is 32.6 Å². The zero-order valence-corrected chi connectivity index (χ0v) is 23.5. The Balaban J connectivity index is 2.10. The summed E-state index contributed by atoms with van der Waals surface area (Å²) in [5.41, 5.74) is 6.87. The van der Waals surface area contributed by atoms with E-state index in [-0.39, 0.29) is 37.2 Å². The third-order valence-electron chi connectivity index (χ3n) is 5.05. The third kappa shape index (κ3) is 9.66. The van der Waals surface area contributed by atoms with Gasteiger partial charge in [-0.15, -0.1) is 0 Å². The first-order chi connectivity index (χ1) is 17.3. The lowest BCUT2D eigenvalue weighted by molar-refractivity contribution is -0.146. The molecule has 0 amide bonds. The predicted molar refractivity (Wildman–Crippen MR) is 140 cm³/mol. The molecule has 2 heterocycles. The Bertz CT molecular complexity index is 1060. The van der Waals surface area contributed by atoms with E-state index in [1.807, 2.05) is 27.7 Å². The van der Waals surface area contributed by atoms with Crippen LogP contribution in [0.2, 0.25) is 0 Å². The maximum atomic E-state index is 13.9. The minimum absolute atomic E-state index is 0.154. The number of hydrogen-bond donors (Lipinski definition) is 3. The summed E-state index contributed by atoms with van der Waals surface area (Å²) >= 11 is 0. The summed E-state index contributed by atoms with van der Waals surface area (Å²) in [6.07, 6.45) is 2.19.